The molecule has 0 amide bonds. The van der Waals surface area contributed by atoms with Gasteiger partial charge in [0.2, 0.25) is 0 Å². The molecule has 1 N–H and O–H groups in total. The second kappa shape index (κ2) is 3.94. The first-order valence-electron chi connectivity index (χ1n) is 5.18. The maximum atomic E-state index is 6.03. The number of benzene rings is 1. The van der Waals surface area contributed by atoms with E-state index in [1.807, 2.05) is 7.05 Å². The molecule has 0 spiro atoms. The predicted molar refractivity (Wildman–Crippen MR) is 70.3 cm³/mol. The number of nitrogens with one attached hydrogen (secondary N) is 1. The lowest BCUT2D eigenvalue weighted by Gasteiger charge is -2.38. The van der Waals surface area contributed by atoms with Crippen LogP contribution in [0.1, 0.15) is 31.9 Å². The van der Waals surface area contributed by atoms with E-state index in [2.05, 4.69) is 60.0 Å². The average Bonchev–Trinajstić information content (AvgIpc) is 2.17. The molecule has 1 atom stereocenters. The smallest absolute Gasteiger partial charge is 0.138 e. The molecule has 1 aliphatic heterocycles. The van der Waals surface area contributed by atoms with Crippen molar-refractivity contribution in [3.8, 4) is 5.75 Å². The molecule has 0 aromatic heterocycles. The predicted octanol–water partition coefficient (Wildman–Crippen LogP) is 3.11. The lowest BCUT2D eigenvalue weighted by Crippen LogP contribution is -2.38. The Kier molecular flexibility index (Phi) is 2.94. The summed E-state index contributed by atoms with van der Waals surface area (Å²) < 4.78 is 7.23. The number of halogens is 1. The maximum absolute atomic E-state index is 6.03. The Bertz CT molecular complexity index is 376. The molecule has 2 rings (SSSR count). The first kappa shape index (κ1) is 11.2. The van der Waals surface area contributed by atoms with Crippen LogP contribution in [0.15, 0.2) is 18.2 Å². The van der Waals surface area contributed by atoms with Crippen LogP contribution in [0.3, 0.4) is 0 Å². The van der Waals surface area contributed by atoms with Crippen molar-refractivity contribution in [2.45, 2.75) is 31.9 Å². The van der Waals surface area contributed by atoms with Crippen LogP contribution in [0.4, 0.5) is 0 Å². The van der Waals surface area contributed by atoms with Gasteiger partial charge in [0.25, 0.3) is 0 Å². The zero-order valence-corrected chi connectivity index (χ0v) is 11.5. The molecule has 2 nitrogen and oxygen atoms in total. The minimum absolute atomic E-state index is 0.0814. The molecule has 1 unspecified atom stereocenters. The molecule has 0 fully saturated rings. The minimum Gasteiger partial charge on any atom is -0.486 e. The summed E-state index contributed by atoms with van der Waals surface area (Å²) in [4.78, 5) is 0. The second-order valence-corrected chi connectivity index (χ2v) is 5.73. The Morgan fingerprint density at radius 1 is 1.47 bits per heavy atom. The van der Waals surface area contributed by atoms with E-state index in [0.29, 0.717) is 6.04 Å². The molecule has 0 radical (unpaired) electrons. The molecular formula is C12H16INO. The largest absolute Gasteiger partial charge is 0.486 e. The molecule has 1 heterocycles. The average molecular weight is 317 g/mol. The Morgan fingerprint density at radius 3 is 2.87 bits per heavy atom. The van der Waals surface area contributed by atoms with Gasteiger partial charge in [-0.15, -0.1) is 0 Å². The van der Waals surface area contributed by atoms with Crippen molar-refractivity contribution in [2.75, 3.05) is 7.05 Å². The number of hydrogen-bond donors (Lipinski definition) is 1. The normalized spacial score (nSPS) is 23.1. The van der Waals surface area contributed by atoms with Crippen LogP contribution < -0.4 is 10.1 Å². The highest BCUT2D eigenvalue weighted by atomic mass is 127. The van der Waals surface area contributed by atoms with Gasteiger partial charge >= 0.3 is 0 Å². The summed E-state index contributed by atoms with van der Waals surface area (Å²) in [5.41, 5.74) is 1.20. The van der Waals surface area contributed by atoms with Crippen molar-refractivity contribution in [2.24, 2.45) is 0 Å². The first-order valence-corrected chi connectivity index (χ1v) is 6.26. The van der Waals surface area contributed by atoms with Crippen molar-refractivity contribution in [3.05, 3.63) is 27.3 Å². The topological polar surface area (TPSA) is 21.3 Å². The van der Waals surface area contributed by atoms with Gasteiger partial charge in [-0.05, 0) is 49.6 Å². The molecule has 82 valence electrons. The van der Waals surface area contributed by atoms with Crippen molar-refractivity contribution >= 4 is 22.6 Å². The molecule has 0 bridgehead atoms. The van der Waals surface area contributed by atoms with E-state index < -0.39 is 0 Å². The summed E-state index contributed by atoms with van der Waals surface area (Å²) >= 11 is 2.33. The maximum Gasteiger partial charge on any atom is 0.138 e. The summed E-state index contributed by atoms with van der Waals surface area (Å²) in [5, 5.41) is 3.36. The lowest BCUT2D eigenvalue weighted by atomic mass is 9.90. The van der Waals surface area contributed by atoms with E-state index in [9.17, 15) is 0 Å². The van der Waals surface area contributed by atoms with E-state index >= 15 is 0 Å². The molecule has 0 saturated heterocycles. The highest BCUT2D eigenvalue weighted by Gasteiger charge is 2.33. The zero-order valence-electron chi connectivity index (χ0n) is 9.30. The van der Waals surface area contributed by atoms with E-state index in [1.165, 1.54) is 9.13 Å². The number of ether oxygens (including phenoxy) is 1. The second-order valence-electron chi connectivity index (χ2n) is 4.57. The third kappa shape index (κ3) is 2.13. The number of hydrogen-bond acceptors (Lipinski definition) is 2. The molecule has 3 heteroatoms. The summed E-state index contributed by atoms with van der Waals surface area (Å²) in [7, 11) is 2.01. The summed E-state index contributed by atoms with van der Waals surface area (Å²) in [6.45, 7) is 4.28. The fourth-order valence-corrected chi connectivity index (χ4v) is 2.71. The van der Waals surface area contributed by atoms with Crippen molar-refractivity contribution in [1.29, 1.82) is 0 Å². The van der Waals surface area contributed by atoms with Gasteiger partial charge in [-0.25, -0.2) is 0 Å². The quantitative estimate of drug-likeness (QED) is 0.804. The van der Waals surface area contributed by atoms with Crippen LogP contribution >= 0.6 is 22.6 Å². The fraction of sp³-hybridized carbons (Fsp3) is 0.500. The van der Waals surface area contributed by atoms with Crippen molar-refractivity contribution in [3.63, 3.8) is 0 Å². The van der Waals surface area contributed by atoms with Crippen LogP contribution in [-0.2, 0) is 0 Å². The van der Waals surface area contributed by atoms with Gasteiger partial charge in [-0.1, -0.05) is 12.1 Å². The third-order valence-electron chi connectivity index (χ3n) is 2.80. The molecule has 0 saturated carbocycles. The summed E-state index contributed by atoms with van der Waals surface area (Å²) in [6, 6.07) is 6.73. The van der Waals surface area contributed by atoms with E-state index in [1.54, 1.807) is 0 Å². The van der Waals surface area contributed by atoms with E-state index in [0.717, 1.165) is 12.2 Å². The zero-order chi connectivity index (χ0) is 11.1. The summed E-state index contributed by atoms with van der Waals surface area (Å²) in [6.07, 6.45) is 1.01. The Hall–Kier alpha value is -0.290. The molecular weight excluding hydrogens is 301 g/mol. The highest BCUT2D eigenvalue weighted by Crippen LogP contribution is 2.41. The van der Waals surface area contributed by atoms with Gasteiger partial charge in [0.1, 0.15) is 11.4 Å². The Morgan fingerprint density at radius 2 is 2.20 bits per heavy atom. The van der Waals surface area contributed by atoms with Crippen LogP contribution in [-0.4, -0.2) is 12.6 Å². The monoisotopic (exact) mass is 317 g/mol. The third-order valence-corrected chi connectivity index (χ3v) is 3.64. The first-order chi connectivity index (χ1) is 7.03. The van der Waals surface area contributed by atoms with Gasteiger partial charge in [0.15, 0.2) is 0 Å². The van der Waals surface area contributed by atoms with Gasteiger partial charge < -0.3 is 10.1 Å². The Balaban J connectivity index is 2.49. The van der Waals surface area contributed by atoms with Crippen molar-refractivity contribution in [1.82, 2.24) is 5.32 Å². The molecule has 1 aromatic rings. The Labute approximate surface area is 105 Å². The van der Waals surface area contributed by atoms with Gasteiger partial charge in [-0.2, -0.15) is 0 Å². The number of rotatable bonds is 1. The molecule has 15 heavy (non-hydrogen) atoms. The number of para-hydroxylation sites is 1. The van der Waals surface area contributed by atoms with E-state index in [-0.39, 0.29) is 5.60 Å². The van der Waals surface area contributed by atoms with Gasteiger partial charge in [0.05, 0.1) is 3.57 Å². The van der Waals surface area contributed by atoms with Crippen LogP contribution in [0.2, 0.25) is 0 Å². The molecule has 0 aliphatic carbocycles. The SMILES string of the molecule is CNC1CC(C)(C)Oc2c(I)cccc21. The van der Waals surface area contributed by atoms with Crippen LogP contribution in [0, 0.1) is 3.57 Å². The molecule has 1 aliphatic rings. The van der Waals surface area contributed by atoms with E-state index in [4.69, 9.17) is 4.74 Å². The van der Waals surface area contributed by atoms with Crippen LogP contribution in [0.25, 0.3) is 0 Å². The standard InChI is InChI=1S/C12H16INO/c1-12(2)7-10(14-3)8-5-4-6-9(13)11(8)15-12/h4-6,10,14H,7H2,1-3H3. The van der Waals surface area contributed by atoms with Gasteiger partial charge in [0, 0.05) is 18.0 Å². The summed E-state index contributed by atoms with van der Waals surface area (Å²) in [5.74, 6) is 1.05. The number of fused-ring (bicyclic) bond motifs is 1. The highest BCUT2D eigenvalue weighted by molar-refractivity contribution is 14.1. The van der Waals surface area contributed by atoms with Crippen molar-refractivity contribution < 1.29 is 4.74 Å². The molecule has 1 aromatic carbocycles. The van der Waals surface area contributed by atoms with Crippen LogP contribution in [0.5, 0.6) is 5.75 Å². The lowest BCUT2D eigenvalue weighted by molar-refractivity contribution is 0.0664. The van der Waals surface area contributed by atoms with Gasteiger partial charge in [-0.3, -0.25) is 0 Å². The fourth-order valence-electron chi connectivity index (χ4n) is 2.08. The minimum atomic E-state index is -0.0814.